The van der Waals surface area contributed by atoms with Crippen LogP contribution in [0.2, 0.25) is 0 Å². The molecule has 2 aromatic carbocycles. The summed E-state index contributed by atoms with van der Waals surface area (Å²) in [5.41, 5.74) is 5.73. The highest BCUT2D eigenvalue weighted by atomic mass is 19.1. The standard InChI is InChI=1S/C21H18FN5/c1-13-9-17(3-4-18(13)22)25-21-24-7-5-19(26-21)15-10-14-6-8-27(2)20(14)16(11-15)12-23/h3-5,7,9-11H,6,8H2,1-2H3,(H,24,25,26). The van der Waals surface area contributed by atoms with Crippen LogP contribution < -0.4 is 10.2 Å². The van der Waals surface area contributed by atoms with Gasteiger partial charge in [-0.05, 0) is 60.9 Å². The van der Waals surface area contributed by atoms with Crippen molar-refractivity contribution in [2.75, 3.05) is 23.8 Å². The van der Waals surface area contributed by atoms with Crippen molar-refractivity contribution in [1.29, 1.82) is 5.26 Å². The van der Waals surface area contributed by atoms with Crippen LogP contribution in [0.3, 0.4) is 0 Å². The van der Waals surface area contributed by atoms with Crippen molar-refractivity contribution in [3.05, 3.63) is 65.1 Å². The molecular weight excluding hydrogens is 341 g/mol. The Morgan fingerprint density at radius 2 is 2.07 bits per heavy atom. The second-order valence-corrected chi connectivity index (χ2v) is 6.67. The number of aryl methyl sites for hydroxylation is 1. The first-order valence-electron chi connectivity index (χ1n) is 8.70. The molecule has 1 aliphatic rings. The van der Waals surface area contributed by atoms with E-state index in [4.69, 9.17) is 0 Å². The zero-order chi connectivity index (χ0) is 19.0. The highest BCUT2D eigenvalue weighted by Gasteiger charge is 2.21. The van der Waals surface area contributed by atoms with E-state index in [9.17, 15) is 9.65 Å². The van der Waals surface area contributed by atoms with Crippen LogP contribution in [-0.2, 0) is 6.42 Å². The second kappa shape index (κ2) is 6.69. The molecule has 0 saturated heterocycles. The van der Waals surface area contributed by atoms with Crippen LogP contribution in [-0.4, -0.2) is 23.6 Å². The van der Waals surface area contributed by atoms with Gasteiger partial charge in [-0.3, -0.25) is 0 Å². The molecule has 1 aliphatic heterocycles. The largest absolute Gasteiger partial charge is 0.373 e. The fraction of sp³-hybridized carbons (Fsp3) is 0.190. The third-order valence-corrected chi connectivity index (χ3v) is 4.77. The van der Waals surface area contributed by atoms with Crippen LogP contribution in [0.4, 0.5) is 21.7 Å². The molecule has 27 heavy (non-hydrogen) atoms. The highest BCUT2D eigenvalue weighted by molar-refractivity contribution is 5.75. The van der Waals surface area contributed by atoms with Gasteiger partial charge in [0, 0.05) is 31.0 Å². The maximum atomic E-state index is 13.4. The Bertz CT molecular complexity index is 1070. The number of likely N-dealkylation sites (N-methyl/N-ethyl adjacent to an activating group) is 1. The molecule has 0 unspecified atom stereocenters. The first-order chi connectivity index (χ1) is 13.0. The van der Waals surface area contributed by atoms with Crippen LogP contribution in [0.15, 0.2) is 42.6 Å². The lowest BCUT2D eigenvalue weighted by Crippen LogP contribution is -2.13. The molecule has 3 aromatic rings. The van der Waals surface area contributed by atoms with Crippen molar-refractivity contribution >= 4 is 17.3 Å². The molecule has 6 heteroatoms. The van der Waals surface area contributed by atoms with E-state index in [0.717, 1.165) is 41.2 Å². The molecule has 0 bridgehead atoms. The summed E-state index contributed by atoms with van der Waals surface area (Å²) in [4.78, 5) is 10.9. The number of hydrogen-bond acceptors (Lipinski definition) is 5. The lowest BCUT2D eigenvalue weighted by molar-refractivity contribution is 0.619. The smallest absolute Gasteiger partial charge is 0.227 e. The lowest BCUT2D eigenvalue weighted by atomic mass is 10.0. The summed E-state index contributed by atoms with van der Waals surface area (Å²) in [6.45, 7) is 2.62. The first-order valence-corrected chi connectivity index (χ1v) is 8.70. The molecule has 0 radical (unpaired) electrons. The molecule has 0 aliphatic carbocycles. The zero-order valence-corrected chi connectivity index (χ0v) is 15.1. The Kier molecular flexibility index (Phi) is 4.21. The van der Waals surface area contributed by atoms with Crippen molar-refractivity contribution in [2.45, 2.75) is 13.3 Å². The Morgan fingerprint density at radius 3 is 2.85 bits per heavy atom. The van der Waals surface area contributed by atoms with Gasteiger partial charge in [0.25, 0.3) is 0 Å². The summed E-state index contributed by atoms with van der Waals surface area (Å²) in [7, 11) is 2.00. The van der Waals surface area contributed by atoms with Crippen LogP contribution >= 0.6 is 0 Å². The molecule has 0 spiro atoms. The Balaban J connectivity index is 1.69. The average molecular weight is 359 g/mol. The van der Waals surface area contributed by atoms with Gasteiger partial charge in [0.1, 0.15) is 11.9 Å². The van der Waals surface area contributed by atoms with E-state index >= 15 is 0 Å². The van der Waals surface area contributed by atoms with Gasteiger partial charge in [-0.25, -0.2) is 14.4 Å². The third kappa shape index (κ3) is 3.20. The van der Waals surface area contributed by atoms with Crippen LogP contribution in [0.5, 0.6) is 0 Å². The highest BCUT2D eigenvalue weighted by Crippen LogP contribution is 2.34. The van der Waals surface area contributed by atoms with Crippen LogP contribution in [0, 0.1) is 24.1 Å². The van der Waals surface area contributed by atoms with Gasteiger partial charge in [0.05, 0.1) is 16.9 Å². The Labute approximate surface area is 157 Å². The monoisotopic (exact) mass is 359 g/mol. The summed E-state index contributed by atoms with van der Waals surface area (Å²) in [6.07, 6.45) is 2.59. The molecular formula is C21H18FN5. The lowest BCUT2D eigenvalue weighted by Gasteiger charge is -2.14. The van der Waals surface area contributed by atoms with Crippen LogP contribution in [0.1, 0.15) is 16.7 Å². The fourth-order valence-electron chi connectivity index (χ4n) is 3.40. The average Bonchev–Trinajstić information content (AvgIpc) is 3.05. The topological polar surface area (TPSA) is 64.8 Å². The van der Waals surface area contributed by atoms with Crippen molar-refractivity contribution in [3.8, 4) is 17.3 Å². The maximum absolute atomic E-state index is 13.4. The van der Waals surface area contributed by atoms with Crippen molar-refractivity contribution in [3.63, 3.8) is 0 Å². The van der Waals surface area contributed by atoms with E-state index in [2.05, 4.69) is 32.3 Å². The number of fused-ring (bicyclic) bond motifs is 1. The number of anilines is 3. The number of nitriles is 1. The van der Waals surface area contributed by atoms with Gasteiger partial charge in [-0.1, -0.05) is 0 Å². The van der Waals surface area contributed by atoms with Crippen LogP contribution in [0.25, 0.3) is 11.3 Å². The summed E-state index contributed by atoms with van der Waals surface area (Å²) >= 11 is 0. The minimum Gasteiger partial charge on any atom is -0.373 e. The predicted octanol–water partition coefficient (Wildman–Crippen LogP) is 4.20. The van der Waals surface area contributed by atoms with Crippen molar-refractivity contribution in [1.82, 2.24) is 9.97 Å². The number of nitrogens with one attached hydrogen (secondary N) is 1. The van der Waals surface area contributed by atoms with E-state index in [-0.39, 0.29) is 5.82 Å². The molecule has 1 N–H and O–H groups in total. The maximum Gasteiger partial charge on any atom is 0.227 e. The number of benzene rings is 2. The summed E-state index contributed by atoms with van der Waals surface area (Å²) in [5.74, 6) is 0.178. The molecule has 0 fully saturated rings. The second-order valence-electron chi connectivity index (χ2n) is 6.67. The third-order valence-electron chi connectivity index (χ3n) is 4.77. The Morgan fingerprint density at radius 1 is 1.22 bits per heavy atom. The molecule has 0 saturated carbocycles. The van der Waals surface area contributed by atoms with Gasteiger partial charge in [-0.15, -0.1) is 0 Å². The minimum atomic E-state index is -0.248. The summed E-state index contributed by atoms with van der Waals surface area (Å²) in [5, 5.41) is 12.6. The van der Waals surface area contributed by atoms with E-state index < -0.39 is 0 Å². The zero-order valence-electron chi connectivity index (χ0n) is 15.1. The quantitative estimate of drug-likeness (QED) is 0.759. The van der Waals surface area contributed by atoms with Crippen molar-refractivity contribution < 1.29 is 4.39 Å². The number of rotatable bonds is 3. The molecule has 2 heterocycles. The van der Waals surface area contributed by atoms with Gasteiger partial charge < -0.3 is 10.2 Å². The molecule has 4 rings (SSSR count). The fourth-order valence-corrected chi connectivity index (χ4v) is 3.40. The van der Waals surface area contributed by atoms with E-state index in [0.29, 0.717) is 17.1 Å². The molecule has 134 valence electrons. The van der Waals surface area contributed by atoms with E-state index in [1.165, 1.54) is 6.07 Å². The minimum absolute atomic E-state index is 0.248. The summed E-state index contributed by atoms with van der Waals surface area (Å²) < 4.78 is 13.4. The summed E-state index contributed by atoms with van der Waals surface area (Å²) in [6, 6.07) is 12.9. The van der Waals surface area contributed by atoms with Gasteiger partial charge >= 0.3 is 0 Å². The molecule has 1 aromatic heterocycles. The number of hydrogen-bond donors (Lipinski definition) is 1. The van der Waals surface area contributed by atoms with Gasteiger partial charge in [0.2, 0.25) is 5.95 Å². The van der Waals surface area contributed by atoms with Crippen molar-refractivity contribution in [2.24, 2.45) is 0 Å². The van der Waals surface area contributed by atoms with Gasteiger partial charge in [-0.2, -0.15) is 5.26 Å². The predicted molar refractivity (Wildman–Crippen MR) is 104 cm³/mol. The number of aromatic nitrogens is 2. The first kappa shape index (κ1) is 17.0. The Hall–Kier alpha value is -3.46. The van der Waals surface area contributed by atoms with E-state index in [1.54, 1.807) is 25.3 Å². The molecule has 0 amide bonds. The van der Waals surface area contributed by atoms with Gasteiger partial charge in [0.15, 0.2) is 0 Å². The number of nitrogens with zero attached hydrogens (tertiary/aromatic N) is 4. The normalized spacial score (nSPS) is 12.6. The molecule has 5 nitrogen and oxygen atoms in total. The SMILES string of the molecule is Cc1cc(Nc2nccc(-c3cc(C#N)c4c(c3)CCN4C)n2)ccc1F. The molecule has 0 atom stereocenters. The van der Waals surface area contributed by atoms with E-state index in [1.807, 2.05) is 19.2 Å². The number of halogens is 1.